The fraction of sp³-hybridized carbons (Fsp3) is 0.438. The minimum absolute atomic E-state index is 0.0809. The van der Waals surface area contributed by atoms with Crippen molar-refractivity contribution in [3.8, 4) is 11.5 Å². The van der Waals surface area contributed by atoms with Crippen LogP contribution in [0.15, 0.2) is 35.7 Å². The molecule has 2 heterocycles. The lowest BCUT2D eigenvalue weighted by atomic mass is 10.0. The summed E-state index contributed by atoms with van der Waals surface area (Å²) in [5, 5.41) is 0.0809. The van der Waals surface area contributed by atoms with Crippen LogP contribution in [-0.4, -0.2) is 43.0 Å². The van der Waals surface area contributed by atoms with Gasteiger partial charge in [0.05, 0.1) is 26.6 Å². The monoisotopic (exact) mass is 351 g/mol. The highest BCUT2D eigenvalue weighted by molar-refractivity contribution is 7.89. The third-order valence-electron chi connectivity index (χ3n) is 4.25. The van der Waals surface area contributed by atoms with Gasteiger partial charge < -0.3 is 14.0 Å². The number of sulfonamides is 1. The summed E-state index contributed by atoms with van der Waals surface area (Å²) in [7, 11) is 1.27. The number of aromatic nitrogens is 2. The third-order valence-corrected chi connectivity index (χ3v) is 6.04. The van der Waals surface area contributed by atoms with Gasteiger partial charge in [0.2, 0.25) is 0 Å². The van der Waals surface area contributed by atoms with Gasteiger partial charge in [0.25, 0.3) is 10.0 Å². The molecule has 130 valence electrons. The quantitative estimate of drug-likeness (QED) is 0.823. The van der Waals surface area contributed by atoms with Crippen LogP contribution in [0.4, 0.5) is 0 Å². The Kier molecular flexibility index (Phi) is 4.51. The number of benzene rings is 1. The molecule has 1 saturated heterocycles. The predicted octanol–water partition coefficient (Wildman–Crippen LogP) is 1.96. The zero-order chi connectivity index (χ0) is 17.3. The number of hydrogen-bond acceptors (Lipinski definition) is 5. The highest BCUT2D eigenvalue weighted by Gasteiger charge is 2.37. The van der Waals surface area contributed by atoms with Crippen LogP contribution in [0.1, 0.15) is 24.4 Å². The van der Waals surface area contributed by atoms with Crippen molar-refractivity contribution in [3.63, 3.8) is 0 Å². The molecule has 1 atom stereocenters. The molecule has 0 amide bonds. The Morgan fingerprint density at radius 3 is 2.58 bits per heavy atom. The van der Waals surface area contributed by atoms with E-state index in [0.717, 1.165) is 18.4 Å². The zero-order valence-corrected chi connectivity index (χ0v) is 14.8. The number of rotatable bonds is 5. The Balaban J connectivity index is 1.96. The summed E-state index contributed by atoms with van der Waals surface area (Å²) in [4.78, 5) is 4.01. The molecule has 1 aromatic carbocycles. The molecule has 1 aromatic heterocycles. The molecule has 1 fully saturated rings. The van der Waals surface area contributed by atoms with Crippen molar-refractivity contribution in [3.05, 3.63) is 36.3 Å². The summed E-state index contributed by atoms with van der Waals surface area (Å²) in [5.74, 6) is 1.22. The van der Waals surface area contributed by atoms with E-state index in [2.05, 4.69) is 4.98 Å². The van der Waals surface area contributed by atoms with Gasteiger partial charge in [-0.25, -0.2) is 13.4 Å². The van der Waals surface area contributed by atoms with E-state index in [1.54, 1.807) is 31.9 Å². The van der Waals surface area contributed by atoms with E-state index in [4.69, 9.17) is 9.47 Å². The van der Waals surface area contributed by atoms with Crippen LogP contribution in [0.25, 0.3) is 0 Å². The van der Waals surface area contributed by atoms with E-state index in [-0.39, 0.29) is 11.1 Å². The second kappa shape index (κ2) is 6.45. The Labute approximate surface area is 141 Å². The lowest BCUT2D eigenvalue weighted by Gasteiger charge is -2.24. The molecule has 2 aromatic rings. The minimum atomic E-state index is -3.62. The van der Waals surface area contributed by atoms with Gasteiger partial charge >= 0.3 is 0 Å². The summed E-state index contributed by atoms with van der Waals surface area (Å²) in [5.41, 5.74) is 0.893. The van der Waals surface area contributed by atoms with E-state index >= 15 is 0 Å². The molecule has 7 nitrogen and oxygen atoms in total. The maximum Gasteiger partial charge on any atom is 0.262 e. The molecule has 0 N–H and O–H groups in total. The largest absolute Gasteiger partial charge is 0.493 e. The predicted molar refractivity (Wildman–Crippen MR) is 88.6 cm³/mol. The SMILES string of the molecule is COc1ccc(C2CCCN2S(=O)(=O)c2cn(C)cn2)cc1OC. The van der Waals surface area contributed by atoms with Crippen molar-refractivity contribution in [1.29, 1.82) is 0 Å². The molecule has 0 radical (unpaired) electrons. The summed E-state index contributed by atoms with van der Waals surface area (Å²) in [6.45, 7) is 0.484. The normalized spacial score (nSPS) is 18.7. The van der Waals surface area contributed by atoms with Gasteiger partial charge in [-0.1, -0.05) is 6.07 Å². The van der Waals surface area contributed by atoms with Crippen molar-refractivity contribution in [2.75, 3.05) is 20.8 Å². The molecule has 0 saturated carbocycles. The molecular formula is C16H21N3O4S. The molecular weight excluding hydrogens is 330 g/mol. The molecule has 8 heteroatoms. The van der Waals surface area contributed by atoms with Gasteiger partial charge in [0, 0.05) is 19.8 Å². The lowest BCUT2D eigenvalue weighted by Crippen LogP contribution is -2.31. The lowest BCUT2D eigenvalue weighted by molar-refractivity contribution is 0.351. The van der Waals surface area contributed by atoms with Crippen LogP contribution >= 0.6 is 0 Å². The number of aryl methyl sites for hydroxylation is 1. The van der Waals surface area contributed by atoms with Crippen LogP contribution in [-0.2, 0) is 17.1 Å². The Morgan fingerprint density at radius 1 is 1.21 bits per heavy atom. The van der Waals surface area contributed by atoms with E-state index in [1.807, 2.05) is 12.1 Å². The molecule has 0 aliphatic carbocycles. The molecule has 1 aliphatic rings. The second-order valence-corrected chi connectivity index (χ2v) is 7.60. The van der Waals surface area contributed by atoms with E-state index < -0.39 is 10.0 Å². The van der Waals surface area contributed by atoms with Gasteiger partial charge in [-0.15, -0.1) is 0 Å². The average molecular weight is 351 g/mol. The first-order chi connectivity index (χ1) is 11.5. The zero-order valence-electron chi connectivity index (χ0n) is 14.0. The smallest absolute Gasteiger partial charge is 0.262 e. The molecule has 0 spiro atoms. The third kappa shape index (κ3) is 2.87. The van der Waals surface area contributed by atoms with Crippen molar-refractivity contribution in [1.82, 2.24) is 13.9 Å². The van der Waals surface area contributed by atoms with Gasteiger partial charge in [-0.05, 0) is 30.5 Å². The summed E-state index contributed by atoms with van der Waals surface area (Å²) >= 11 is 0. The first-order valence-corrected chi connectivity index (χ1v) is 9.13. The van der Waals surface area contributed by atoms with E-state index in [1.165, 1.54) is 16.8 Å². The van der Waals surface area contributed by atoms with Gasteiger partial charge in [0.15, 0.2) is 16.5 Å². The van der Waals surface area contributed by atoms with Crippen molar-refractivity contribution < 1.29 is 17.9 Å². The molecule has 1 unspecified atom stereocenters. The number of ether oxygens (including phenoxy) is 2. The van der Waals surface area contributed by atoms with E-state index in [9.17, 15) is 8.42 Å². The highest BCUT2D eigenvalue weighted by Crippen LogP contribution is 2.39. The molecule has 24 heavy (non-hydrogen) atoms. The fourth-order valence-electron chi connectivity index (χ4n) is 3.06. The number of nitrogens with zero attached hydrogens (tertiary/aromatic N) is 3. The van der Waals surface area contributed by atoms with Crippen LogP contribution in [0.5, 0.6) is 11.5 Å². The van der Waals surface area contributed by atoms with Crippen molar-refractivity contribution in [2.45, 2.75) is 23.9 Å². The van der Waals surface area contributed by atoms with Crippen molar-refractivity contribution in [2.24, 2.45) is 7.05 Å². The van der Waals surface area contributed by atoms with Crippen LogP contribution in [0.3, 0.4) is 0 Å². The maximum absolute atomic E-state index is 12.9. The second-order valence-electron chi connectivity index (χ2n) is 5.77. The van der Waals surface area contributed by atoms with Crippen molar-refractivity contribution >= 4 is 10.0 Å². The maximum atomic E-state index is 12.9. The Morgan fingerprint density at radius 2 is 1.96 bits per heavy atom. The molecule has 3 rings (SSSR count). The van der Waals surface area contributed by atoms with Crippen LogP contribution < -0.4 is 9.47 Å². The van der Waals surface area contributed by atoms with Gasteiger partial charge in [-0.2, -0.15) is 4.31 Å². The molecule has 0 bridgehead atoms. The van der Waals surface area contributed by atoms with Crippen LogP contribution in [0.2, 0.25) is 0 Å². The number of methoxy groups -OCH3 is 2. The summed E-state index contributed by atoms with van der Waals surface area (Å²) in [6, 6.07) is 5.31. The standard InChI is InChI=1S/C16H21N3O4S/c1-18-10-16(17-11-18)24(20,21)19-8-4-5-13(19)12-6-7-14(22-2)15(9-12)23-3/h6-7,9-11,13H,4-5,8H2,1-3H3. The number of imidazole rings is 1. The van der Waals surface area contributed by atoms with Crippen LogP contribution in [0, 0.1) is 0 Å². The first-order valence-electron chi connectivity index (χ1n) is 7.69. The Bertz CT molecular complexity index is 832. The minimum Gasteiger partial charge on any atom is -0.493 e. The Hall–Kier alpha value is -2.06. The van der Waals surface area contributed by atoms with E-state index in [0.29, 0.717) is 18.0 Å². The summed E-state index contributed by atoms with van der Waals surface area (Å²) < 4.78 is 39.6. The van der Waals surface area contributed by atoms with Gasteiger partial charge in [-0.3, -0.25) is 0 Å². The number of hydrogen-bond donors (Lipinski definition) is 0. The first kappa shape index (κ1) is 16.8. The average Bonchev–Trinajstić information content (AvgIpc) is 3.23. The highest BCUT2D eigenvalue weighted by atomic mass is 32.2. The molecule has 1 aliphatic heterocycles. The summed E-state index contributed by atoms with van der Waals surface area (Å²) in [6.07, 6.45) is 4.60. The fourth-order valence-corrected chi connectivity index (χ4v) is 4.71. The topological polar surface area (TPSA) is 73.7 Å². The van der Waals surface area contributed by atoms with Gasteiger partial charge in [0.1, 0.15) is 0 Å².